The lowest BCUT2D eigenvalue weighted by Gasteiger charge is -2.26. The molecule has 2 aromatic heterocycles. The van der Waals surface area contributed by atoms with Gasteiger partial charge in [0.1, 0.15) is 5.75 Å². The van der Waals surface area contributed by atoms with Crippen LogP contribution < -0.4 is 20.7 Å². The number of ether oxygens (including phenoxy) is 2. The summed E-state index contributed by atoms with van der Waals surface area (Å²) in [6, 6.07) is 14.9. The fourth-order valence-electron chi connectivity index (χ4n) is 7.34. The predicted molar refractivity (Wildman–Crippen MR) is 209 cm³/mol. The van der Waals surface area contributed by atoms with Crippen molar-refractivity contribution >= 4 is 28.5 Å². The Hall–Kier alpha value is -4.52. The summed E-state index contributed by atoms with van der Waals surface area (Å²) in [7, 11) is 3.88. The van der Waals surface area contributed by atoms with Crippen molar-refractivity contribution in [1.29, 1.82) is 0 Å². The van der Waals surface area contributed by atoms with Crippen LogP contribution in [0.25, 0.3) is 22.2 Å². The van der Waals surface area contributed by atoms with Crippen molar-refractivity contribution in [2.45, 2.75) is 84.6 Å². The molecule has 12 nitrogen and oxygen atoms in total. The molecule has 4 heterocycles. The van der Waals surface area contributed by atoms with Gasteiger partial charge >= 0.3 is 0 Å². The largest absolute Gasteiger partial charge is 0.496 e. The summed E-state index contributed by atoms with van der Waals surface area (Å²) in [5.41, 5.74) is 8.03. The first-order valence-corrected chi connectivity index (χ1v) is 19.3. The van der Waals surface area contributed by atoms with Gasteiger partial charge in [-0.3, -0.25) is 14.5 Å². The number of fused-ring (bicyclic) bond motifs is 1. The van der Waals surface area contributed by atoms with E-state index in [1.54, 1.807) is 7.11 Å². The number of benzene rings is 2. The maximum absolute atomic E-state index is 13.1. The number of anilines is 1. The van der Waals surface area contributed by atoms with Gasteiger partial charge in [-0.1, -0.05) is 31.2 Å². The highest BCUT2D eigenvalue weighted by molar-refractivity contribution is 5.92. The van der Waals surface area contributed by atoms with E-state index in [1.165, 1.54) is 12.0 Å². The van der Waals surface area contributed by atoms with Crippen LogP contribution in [0.5, 0.6) is 5.75 Å². The van der Waals surface area contributed by atoms with Crippen molar-refractivity contribution in [2.24, 2.45) is 0 Å². The first kappa shape index (κ1) is 38.2. The number of methoxy groups -OCH3 is 1. The Morgan fingerprint density at radius 3 is 2.49 bits per heavy atom. The van der Waals surface area contributed by atoms with E-state index >= 15 is 0 Å². The number of nitrogens with one attached hydrogen (secondary N) is 3. The molecular formula is C41H56N8O4. The number of likely N-dealkylation sites (N-methyl/N-ethyl adjacent to an activating group) is 1. The van der Waals surface area contributed by atoms with Gasteiger partial charge in [0.05, 0.1) is 24.4 Å². The minimum absolute atomic E-state index is 0.0907. The quantitative estimate of drug-likeness (QED) is 0.153. The molecule has 0 spiro atoms. The van der Waals surface area contributed by atoms with Gasteiger partial charge in [-0.25, -0.2) is 9.67 Å². The van der Waals surface area contributed by atoms with Crippen molar-refractivity contribution in [3.05, 3.63) is 71.0 Å². The summed E-state index contributed by atoms with van der Waals surface area (Å²) in [6.07, 6.45) is 5.77. The normalized spacial score (nSPS) is 16.0. The molecule has 12 heteroatoms. The van der Waals surface area contributed by atoms with E-state index in [9.17, 15) is 9.59 Å². The van der Waals surface area contributed by atoms with Crippen LogP contribution in [0.1, 0.15) is 68.3 Å². The number of amides is 2. The third-order valence-corrected chi connectivity index (χ3v) is 10.4. The summed E-state index contributed by atoms with van der Waals surface area (Å²) in [4.78, 5) is 35.9. The third-order valence-electron chi connectivity index (χ3n) is 10.4. The fraction of sp³-hybridized carbons (Fsp3) is 0.512. The Morgan fingerprint density at radius 1 is 0.943 bits per heavy atom. The SMILES string of the molecule is CCc1nc2c(cnn2CC)c(NC2CCOCC2)c1CNC(=O)CCC(=O)NCc1ccc(OC)c(-c2cccc(CN3CCCN(C)CC3)c2)c1. The third kappa shape index (κ3) is 9.92. The van der Waals surface area contributed by atoms with Gasteiger partial charge < -0.3 is 30.3 Å². The molecule has 2 saturated heterocycles. The standard InChI is InChI=1S/C41H56N8O4/c1-5-36-34(40(45-32-15-21-53-22-16-32)35-27-44-49(6-2)41(35)46-36)26-43-39(51)14-13-38(50)42-25-29-11-12-37(52-4)33(24-29)31-10-7-9-30(23-31)28-48-18-8-17-47(3)19-20-48/h7,9-12,23-24,27,32H,5-6,8,13-22,25-26,28H2,1-4H3,(H,42,50)(H,43,51)(H,45,46). The summed E-state index contributed by atoms with van der Waals surface area (Å²) >= 11 is 0. The molecule has 0 unspecified atom stereocenters. The molecule has 284 valence electrons. The number of carbonyl (C=O) groups is 2. The first-order valence-electron chi connectivity index (χ1n) is 19.3. The molecule has 0 aliphatic carbocycles. The summed E-state index contributed by atoms with van der Waals surface area (Å²) in [6.45, 7) is 12.3. The minimum Gasteiger partial charge on any atom is -0.496 e. The van der Waals surface area contributed by atoms with E-state index in [0.29, 0.717) is 13.1 Å². The van der Waals surface area contributed by atoms with Gasteiger partial charge in [0.15, 0.2) is 5.65 Å². The van der Waals surface area contributed by atoms with Crippen molar-refractivity contribution in [2.75, 3.05) is 58.9 Å². The van der Waals surface area contributed by atoms with Crippen LogP contribution in [0.3, 0.4) is 0 Å². The van der Waals surface area contributed by atoms with Crippen LogP contribution in [-0.4, -0.2) is 96.0 Å². The van der Waals surface area contributed by atoms with E-state index < -0.39 is 0 Å². The second-order valence-electron chi connectivity index (χ2n) is 14.2. The zero-order valence-electron chi connectivity index (χ0n) is 31.9. The average Bonchev–Trinajstić information content (AvgIpc) is 3.49. The van der Waals surface area contributed by atoms with Crippen molar-refractivity contribution in [3.8, 4) is 16.9 Å². The maximum Gasteiger partial charge on any atom is 0.220 e. The van der Waals surface area contributed by atoms with Gasteiger partial charge in [-0.2, -0.15) is 5.10 Å². The smallest absolute Gasteiger partial charge is 0.220 e. The topological polar surface area (TPSA) is 126 Å². The summed E-state index contributed by atoms with van der Waals surface area (Å²) in [5.74, 6) is 0.437. The molecule has 2 aliphatic rings. The fourth-order valence-corrected chi connectivity index (χ4v) is 7.34. The molecule has 0 atom stereocenters. The summed E-state index contributed by atoms with van der Waals surface area (Å²) < 4.78 is 13.2. The number of aromatic nitrogens is 3. The number of carbonyl (C=O) groups excluding carboxylic acids is 2. The zero-order chi connectivity index (χ0) is 37.2. The zero-order valence-corrected chi connectivity index (χ0v) is 31.9. The first-order chi connectivity index (χ1) is 25.8. The number of aryl methyl sites for hydroxylation is 2. The molecule has 6 rings (SSSR count). The Bertz CT molecular complexity index is 1850. The number of rotatable bonds is 15. The maximum atomic E-state index is 13.1. The van der Waals surface area contributed by atoms with Crippen LogP contribution in [0.15, 0.2) is 48.7 Å². The second kappa shape index (κ2) is 18.5. The Kier molecular flexibility index (Phi) is 13.3. The number of hydrogen-bond donors (Lipinski definition) is 3. The Balaban J connectivity index is 1.05. The minimum atomic E-state index is -0.178. The molecule has 4 aromatic rings. The number of pyridine rings is 1. The van der Waals surface area contributed by atoms with Crippen LogP contribution >= 0.6 is 0 Å². The van der Waals surface area contributed by atoms with E-state index in [0.717, 1.165) is 122 Å². The molecule has 53 heavy (non-hydrogen) atoms. The Morgan fingerprint density at radius 2 is 1.74 bits per heavy atom. The highest BCUT2D eigenvalue weighted by Crippen LogP contribution is 2.33. The second-order valence-corrected chi connectivity index (χ2v) is 14.2. The Labute approximate surface area is 313 Å². The van der Waals surface area contributed by atoms with Crippen molar-refractivity contribution in [1.82, 2.24) is 35.2 Å². The van der Waals surface area contributed by atoms with E-state index in [2.05, 4.69) is 82.1 Å². The summed E-state index contributed by atoms with van der Waals surface area (Å²) in [5, 5.41) is 15.4. The molecule has 2 amide bonds. The van der Waals surface area contributed by atoms with E-state index in [-0.39, 0.29) is 30.7 Å². The van der Waals surface area contributed by atoms with Crippen LogP contribution in [0, 0.1) is 0 Å². The lowest BCUT2D eigenvalue weighted by Crippen LogP contribution is -2.30. The highest BCUT2D eigenvalue weighted by Gasteiger charge is 2.22. The van der Waals surface area contributed by atoms with Crippen molar-refractivity contribution in [3.63, 3.8) is 0 Å². The van der Waals surface area contributed by atoms with Gasteiger partial charge in [0.2, 0.25) is 11.8 Å². The molecule has 2 aliphatic heterocycles. The van der Waals surface area contributed by atoms with Crippen LogP contribution in [-0.2, 0) is 46.9 Å². The van der Waals surface area contributed by atoms with Crippen molar-refractivity contribution < 1.29 is 19.1 Å². The molecule has 0 saturated carbocycles. The van der Waals surface area contributed by atoms with Gasteiger partial charge in [-0.05, 0) is 87.6 Å². The molecule has 3 N–H and O–H groups in total. The molecule has 2 aromatic carbocycles. The molecular weight excluding hydrogens is 669 g/mol. The lowest BCUT2D eigenvalue weighted by molar-refractivity contribution is -0.126. The van der Waals surface area contributed by atoms with E-state index in [1.807, 2.05) is 23.0 Å². The number of hydrogen-bond acceptors (Lipinski definition) is 9. The molecule has 2 fully saturated rings. The van der Waals surface area contributed by atoms with Gasteiger partial charge in [0, 0.05) is 88.2 Å². The van der Waals surface area contributed by atoms with Crippen LogP contribution in [0.4, 0.5) is 5.69 Å². The van der Waals surface area contributed by atoms with E-state index in [4.69, 9.17) is 14.5 Å². The number of nitrogens with zero attached hydrogens (tertiary/aromatic N) is 5. The van der Waals surface area contributed by atoms with Crippen LogP contribution in [0.2, 0.25) is 0 Å². The molecule has 0 radical (unpaired) electrons. The van der Waals surface area contributed by atoms with Gasteiger partial charge in [-0.15, -0.1) is 0 Å². The van der Waals surface area contributed by atoms with Gasteiger partial charge in [0.25, 0.3) is 0 Å². The molecule has 0 bridgehead atoms. The highest BCUT2D eigenvalue weighted by atomic mass is 16.5. The lowest BCUT2D eigenvalue weighted by atomic mass is 9.99. The monoisotopic (exact) mass is 724 g/mol. The predicted octanol–water partition coefficient (Wildman–Crippen LogP) is 5.13. The average molecular weight is 725 g/mol.